The quantitative estimate of drug-likeness (QED) is 0.549. The highest BCUT2D eigenvalue weighted by atomic mass is 19.4. The Balaban J connectivity index is 1.64. The molecule has 0 spiro atoms. The van der Waals surface area contributed by atoms with Gasteiger partial charge in [-0.3, -0.25) is 9.88 Å². The molecule has 0 amide bonds. The van der Waals surface area contributed by atoms with Gasteiger partial charge in [-0.25, -0.2) is 13.6 Å². The molecular weight excluding hydrogens is 461 g/mol. The lowest BCUT2D eigenvalue weighted by molar-refractivity contribution is -0.155. The van der Waals surface area contributed by atoms with Crippen LogP contribution in [0.1, 0.15) is 36.1 Å². The third-order valence-electron chi connectivity index (χ3n) is 6.43. The molecule has 2 N–H and O–H groups in total. The smallest absolute Gasteiger partial charge is 0.417 e. The van der Waals surface area contributed by atoms with Gasteiger partial charge in [-0.15, -0.1) is 0 Å². The van der Waals surface area contributed by atoms with Gasteiger partial charge in [-0.1, -0.05) is 6.07 Å². The van der Waals surface area contributed by atoms with Crippen molar-refractivity contribution in [2.75, 3.05) is 19.6 Å². The fourth-order valence-electron chi connectivity index (χ4n) is 4.99. The molecular formula is C23H22F5N3O3. The van der Waals surface area contributed by atoms with E-state index in [1.807, 2.05) is 0 Å². The molecule has 1 aromatic heterocycles. The number of hydrogen-bond acceptors (Lipinski definition) is 5. The van der Waals surface area contributed by atoms with E-state index in [0.29, 0.717) is 24.0 Å². The minimum atomic E-state index is -4.60. The van der Waals surface area contributed by atoms with Crippen molar-refractivity contribution in [3.63, 3.8) is 0 Å². The maximum Gasteiger partial charge on any atom is 0.417 e. The molecule has 11 heteroatoms. The third kappa shape index (κ3) is 4.18. The Morgan fingerprint density at radius 3 is 2.59 bits per heavy atom. The summed E-state index contributed by atoms with van der Waals surface area (Å²) in [6, 6.07) is 2.84. The van der Waals surface area contributed by atoms with Gasteiger partial charge in [0, 0.05) is 35.8 Å². The molecule has 0 saturated carbocycles. The lowest BCUT2D eigenvalue weighted by Crippen LogP contribution is -2.47. The normalized spacial score (nSPS) is 23.4. The van der Waals surface area contributed by atoms with Gasteiger partial charge >= 0.3 is 11.9 Å². The van der Waals surface area contributed by atoms with Gasteiger partial charge in [0.1, 0.15) is 23.5 Å². The molecule has 0 bridgehead atoms. The molecule has 1 fully saturated rings. The number of hydrogen-bond donors (Lipinski definition) is 2. The molecule has 0 radical (unpaired) electrons. The van der Waals surface area contributed by atoms with E-state index >= 15 is 8.78 Å². The first kappa shape index (κ1) is 22.9. The average molecular weight is 483 g/mol. The van der Waals surface area contributed by atoms with Crippen molar-refractivity contribution in [1.82, 2.24) is 15.2 Å². The van der Waals surface area contributed by atoms with Crippen LogP contribution < -0.4 is 15.8 Å². The van der Waals surface area contributed by atoms with Crippen LogP contribution >= 0.6 is 0 Å². The molecule has 5 rings (SSSR count). The number of halogens is 5. The summed E-state index contributed by atoms with van der Waals surface area (Å²) in [5, 5.41) is 3.09. The van der Waals surface area contributed by atoms with Gasteiger partial charge in [0.05, 0.1) is 18.1 Å². The Morgan fingerprint density at radius 1 is 1.21 bits per heavy atom. The molecule has 2 aromatic carbocycles. The van der Waals surface area contributed by atoms with Crippen molar-refractivity contribution < 1.29 is 31.1 Å². The van der Waals surface area contributed by atoms with E-state index in [1.54, 1.807) is 6.92 Å². The molecule has 182 valence electrons. The fraction of sp³-hybridized carbons (Fsp3) is 0.435. The number of aromatic amines is 1. The Labute approximate surface area is 190 Å². The molecule has 6 nitrogen and oxygen atoms in total. The maximum absolute atomic E-state index is 15.4. The Hall–Kier alpha value is -2.92. The third-order valence-corrected chi connectivity index (χ3v) is 6.43. The minimum Gasteiger partial charge on any atom is -0.489 e. The van der Waals surface area contributed by atoms with Crippen molar-refractivity contribution in [1.29, 1.82) is 0 Å². The number of oxazole rings is 1. The maximum atomic E-state index is 15.4. The summed E-state index contributed by atoms with van der Waals surface area (Å²) in [4.78, 5) is 15.3. The number of ether oxygens (including phenoxy) is 1. The summed E-state index contributed by atoms with van der Waals surface area (Å²) in [5.41, 5.74) is 0.743. The number of rotatable bonds is 4. The van der Waals surface area contributed by atoms with Crippen LogP contribution in [0.3, 0.4) is 0 Å². The lowest BCUT2D eigenvalue weighted by atomic mass is 9.84. The summed E-state index contributed by atoms with van der Waals surface area (Å²) < 4.78 is 82.2. The molecule has 2 aliphatic rings. The number of alkyl halides is 3. The molecule has 34 heavy (non-hydrogen) atoms. The second kappa shape index (κ2) is 8.38. The largest absolute Gasteiger partial charge is 0.489 e. The number of H-pyrrole nitrogens is 1. The number of aromatic nitrogens is 1. The SMILES string of the molecule is C[C@@H]1Cc2c(ccc3[nH]c(=O)oc23)[C@@H](c2c(F)cc(O[C@@H]3CCNC3)cc2F)N1CC(F)(F)F. The fourth-order valence-corrected chi connectivity index (χ4v) is 4.99. The topological polar surface area (TPSA) is 70.5 Å². The van der Waals surface area contributed by atoms with Gasteiger partial charge in [0.15, 0.2) is 5.58 Å². The number of benzene rings is 2. The van der Waals surface area contributed by atoms with Gasteiger partial charge in [0.2, 0.25) is 0 Å². The lowest BCUT2D eigenvalue weighted by Gasteiger charge is -2.42. The second-order valence-corrected chi connectivity index (χ2v) is 8.80. The highest BCUT2D eigenvalue weighted by Crippen LogP contribution is 2.44. The minimum absolute atomic E-state index is 0.0222. The van der Waals surface area contributed by atoms with Crippen LogP contribution in [-0.2, 0) is 6.42 Å². The number of nitrogens with zero attached hydrogens (tertiary/aromatic N) is 1. The van der Waals surface area contributed by atoms with E-state index < -0.39 is 47.8 Å². The zero-order valence-electron chi connectivity index (χ0n) is 18.1. The molecule has 3 aromatic rings. The van der Waals surface area contributed by atoms with E-state index in [9.17, 15) is 18.0 Å². The Morgan fingerprint density at radius 2 is 1.94 bits per heavy atom. The van der Waals surface area contributed by atoms with E-state index in [1.165, 1.54) is 12.1 Å². The highest BCUT2D eigenvalue weighted by Gasteiger charge is 2.43. The summed E-state index contributed by atoms with van der Waals surface area (Å²) in [7, 11) is 0. The van der Waals surface area contributed by atoms with Crippen LogP contribution in [0.4, 0.5) is 22.0 Å². The predicted octanol–water partition coefficient (Wildman–Crippen LogP) is 4.04. The van der Waals surface area contributed by atoms with Crippen molar-refractivity contribution in [3.05, 3.63) is 63.1 Å². The number of fused-ring (bicyclic) bond motifs is 3. The van der Waals surface area contributed by atoms with E-state index in [4.69, 9.17) is 9.15 Å². The predicted molar refractivity (Wildman–Crippen MR) is 113 cm³/mol. The molecule has 0 aliphatic carbocycles. The van der Waals surface area contributed by atoms with Crippen molar-refractivity contribution in [2.24, 2.45) is 0 Å². The molecule has 1 saturated heterocycles. The standard InChI is InChI=1S/C23H22F5N3O3/c1-11-6-15-14(2-3-18-21(15)34-22(32)30-18)20(31(11)10-23(26,27)28)19-16(24)7-13(8-17(19)25)33-12-4-5-29-9-12/h2-3,7-8,11-12,20,29H,4-6,9-10H2,1H3,(H,30,32)/t11-,12-,20+/m1/s1. The monoisotopic (exact) mass is 483 g/mol. The van der Waals surface area contributed by atoms with Gasteiger partial charge in [-0.05, 0) is 37.9 Å². The van der Waals surface area contributed by atoms with Crippen molar-refractivity contribution >= 4 is 11.1 Å². The van der Waals surface area contributed by atoms with Gasteiger partial charge < -0.3 is 14.5 Å². The molecule has 0 unspecified atom stereocenters. The number of nitrogens with one attached hydrogen (secondary N) is 2. The molecule has 2 aliphatic heterocycles. The summed E-state index contributed by atoms with van der Waals surface area (Å²) in [6.45, 7) is 1.44. The van der Waals surface area contributed by atoms with Crippen molar-refractivity contribution in [2.45, 2.75) is 44.1 Å². The average Bonchev–Trinajstić information content (AvgIpc) is 3.37. The van der Waals surface area contributed by atoms with Gasteiger partial charge in [-0.2, -0.15) is 13.2 Å². The van der Waals surface area contributed by atoms with Crippen LogP contribution in [0.5, 0.6) is 5.75 Å². The van der Waals surface area contributed by atoms with Crippen LogP contribution in [0.25, 0.3) is 11.1 Å². The zero-order chi connectivity index (χ0) is 24.2. The molecule has 3 atom stereocenters. The summed E-state index contributed by atoms with van der Waals surface area (Å²) in [5.74, 6) is -2.75. The first-order valence-electron chi connectivity index (χ1n) is 10.9. The first-order chi connectivity index (χ1) is 16.1. The Kier molecular flexibility index (Phi) is 5.64. The van der Waals surface area contributed by atoms with Crippen LogP contribution in [0.2, 0.25) is 0 Å². The Bertz CT molecular complexity index is 1260. The summed E-state index contributed by atoms with van der Waals surface area (Å²) >= 11 is 0. The second-order valence-electron chi connectivity index (χ2n) is 8.80. The van der Waals surface area contributed by atoms with E-state index in [-0.39, 0.29) is 29.4 Å². The van der Waals surface area contributed by atoms with E-state index in [0.717, 1.165) is 23.6 Å². The van der Waals surface area contributed by atoms with E-state index in [2.05, 4.69) is 10.3 Å². The highest BCUT2D eigenvalue weighted by molar-refractivity contribution is 5.78. The van der Waals surface area contributed by atoms with Crippen LogP contribution in [0, 0.1) is 11.6 Å². The zero-order valence-corrected chi connectivity index (χ0v) is 18.1. The molecule has 3 heterocycles. The van der Waals surface area contributed by atoms with Crippen LogP contribution in [-0.4, -0.2) is 47.8 Å². The van der Waals surface area contributed by atoms with Crippen molar-refractivity contribution in [3.8, 4) is 5.75 Å². The first-order valence-corrected chi connectivity index (χ1v) is 10.9. The van der Waals surface area contributed by atoms with Crippen LogP contribution in [0.15, 0.2) is 33.5 Å². The summed E-state index contributed by atoms with van der Waals surface area (Å²) in [6.07, 6.45) is -4.05. The van der Waals surface area contributed by atoms with Gasteiger partial charge in [0.25, 0.3) is 0 Å².